The molecule has 0 saturated carbocycles. The average molecular weight is 207 g/mol. The molecular weight excluding hydrogens is 198 g/mol. The van der Waals surface area contributed by atoms with Crippen LogP contribution >= 0.6 is 11.3 Å². The molecule has 0 bridgehead atoms. The Morgan fingerprint density at radius 1 is 1.57 bits per heavy atom. The van der Waals surface area contributed by atoms with Crippen LogP contribution in [0.3, 0.4) is 0 Å². The first-order valence-electron chi connectivity index (χ1n) is 4.25. The van der Waals surface area contributed by atoms with Crippen LogP contribution < -0.4 is 0 Å². The Kier molecular flexibility index (Phi) is 2.69. The fourth-order valence-electron chi connectivity index (χ4n) is 1.16. The molecule has 0 aromatic carbocycles. The van der Waals surface area contributed by atoms with E-state index in [1.54, 1.807) is 22.2 Å². The predicted molar refractivity (Wildman–Crippen MR) is 53.4 cm³/mol. The third kappa shape index (κ3) is 2.05. The van der Waals surface area contributed by atoms with Gasteiger partial charge < -0.3 is 0 Å². The van der Waals surface area contributed by atoms with Crippen molar-refractivity contribution >= 4 is 17.6 Å². The maximum absolute atomic E-state index is 10.3. The summed E-state index contributed by atoms with van der Waals surface area (Å²) in [7, 11) is 0. The number of aryl methyl sites for hydroxylation is 2. The van der Waals surface area contributed by atoms with Gasteiger partial charge in [0.05, 0.1) is 6.20 Å². The van der Waals surface area contributed by atoms with Gasteiger partial charge in [0.15, 0.2) is 6.29 Å². The molecule has 4 nitrogen and oxygen atoms in total. The second-order valence-electron chi connectivity index (χ2n) is 2.91. The van der Waals surface area contributed by atoms with Crippen LogP contribution in [0, 0.1) is 0 Å². The minimum atomic E-state index is 0.385. The summed E-state index contributed by atoms with van der Waals surface area (Å²) >= 11 is 1.68. The van der Waals surface area contributed by atoms with E-state index in [2.05, 4.69) is 21.8 Å². The second kappa shape index (κ2) is 4.15. The van der Waals surface area contributed by atoms with E-state index in [0.29, 0.717) is 12.0 Å². The van der Waals surface area contributed by atoms with Gasteiger partial charge >= 0.3 is 0 Å². The quantitative estimate of drug-likeness (QED) is 0.712. The van der Waals surface area contributed by atoms with Crippen molar-refractivity contribution in [1.29, 1.82) is 0 Å². The van der Waals surface area contributed by atoms with E-state index < -0.39 is 0 Å². The van der Waals surface area contributed by atoms with Crippen LogP contribution in [0.15, 0.2) is 23.0 Å². The van der Waals surface area contributed by atoms with Gasteiger partial charge in [0, 0.05) is 6.54 Å². The van der Waals surface area contributed by atoms with Gasteiger partial charge in [-0.05, 0) is 28.8 Å². The van der Waals surface area contributed by atoms with E-state index in [-0.39, 0.29) is 0 Å². The Morgan fingerprint density at radius 3 is 3.14 bits per heavy atom. The SMILES string of the molecule is O=Cc1cn(CCc2ccsc2)nn1. The van der Waals surface area contributed by atoms with Crippen molar-refractivity contribution in [3.05, 3.63) is 34.3 Å². The van der Waals surface area contributed by atoms with Gasteiger partial charge in [-0.2, -0.15) is 11.3 Å². The minimum absolute atomic E-state index is 0.385. The van der Waals surface area contributed by atoms with Crippen LogP contribution in [0.2, 0.25) is 0 Å². The second-order valence-corrected chi connectivity index (χ2v) is 3.69. The fraction of sp³-hybridized carbons (Fsp3) is 0.222. The zero-order chi connectivity index (χ0) is 9.80. The molecule has 0 atom stereocenters. The first-order valence-corrected chi connectivity index (χ1v) is 5.19. The van der Waals surface area contributed by atoms with Gasteiger partial charge in [0.25, 0.3) is 0 Å². The molecule has 14 heavy (non-hydrogen) atoms. The summed E-state index contributed by atoms with van der Waals surface area (Å²) in [6.07, 6.45) is 3.28. The lowest BCUT2D eigenvalue weighted by molar-refractivity contribution is 0.111. The predicted octanol–water partition coefficient (Wildman–Crippen LogP) is 1.39. The first kappa shape index (κ1) is 9.08. The monoisotopic (exact) mass is 207 g/mol. The highest BCUT2D eigenvalue weighted by Gasteiger charge is 1.99. The van der Waals surface area contributed by atoms with E-state index in [9.17, 15) is 4.79 Å². The highest BCUT2D eigenvalue weighted by molar-refractivity contribution is 7.07. The molecule has 0 N–H and O–H groups in total. The number of hydrogen-bond acceptors (Lipinski definition) is 4. The number of thiophene rings is 1. The summed E-state index contributed by atoms with van der Waals surface area (Å²) in [6, 6.07) is 2.09. The molecule has 0 aliphatic carbocycles. The van der Waals surface area contributed by atoms with Gasteiger partial charge in [0.1, 0.15) is 5.69 Å². The van der Waals surface area contributed by atoms with Gasteiger partial charge in [-0.15, -0.1) is 5.10 Å². The van der Waals surface area contributed by atoms with E-state index >= 15 is 0 Å². The third-order valence-electron chi connectivity index (χ3n) is 1.89. The minimum Gasteiger partial charge on any atom is -0.296 e. The molecule has 0 amide bonds. The van der Waals surface area contributed by atoms with Crippen molar-refractivity contribution in [2.75, 3.05) is 0 Å². The number of carbonyl (C=O) groups is 1. The maximum Gasteiger partial charge on any atom is 0.171 e. The normalized spacial score (nSPS) is 10.3. The Morgan fingerprint density at radius 2 is 2.50 bits per heavy atom. The zero-order valence-electron chi connectivity index (χ0n) is 7.46. The summed E-state index contributed by atoms with van der Waals surface area (Å²) in [5, 5.41) is 11.7. The topological polar surface area (TPSA) is 47.8 Å². The van der Waals surface area contributed by atoms with Crippen LogP contribution in [-0.4, -0.2) is 21.3 Å². The molecule has 0 fully saturated rings. The summed E-state index contributed by atoms with van der Waals surface area (Å²) in [5.74, 6) is 0. The molecule has 0 saturated heterocycles. The van der Waals surface area contributed by atoms with Gasteiger partial charge in [-0.3, -0.25) is 9.48 Å². The van der Waals surface area contributed by atoms with E-state index in [1.165, 1.54) is 5.56 Å². The van der Waals surface area contributed by atoms with Gasteiger partial charge in [0.2, 0.25) is 0 Å². The summed E-state index contributed by atoms with van der Waals surface area (Å²) in [4.78, 5) is 10.3. The van der Waals surface area contributed by atoms with Gasteiger partial charge in [-0.1, -0.05) is 5.21 Å². The summed E-state index contributed by atoms with van der Waals surface area (Å²) in [6.45, 7) is 0.761. The highest BCUT2D eigenvalue weighted by Crippen LogP contribution is 2.07. The largest absolute Gasteiger partial charge is 0.296 e. The molecule has 0 radical (unpaired) electrons. The van der Waals surface area contributed by atoms with Crippen molar-refractivity contribution in [2.24, 2.45) is 0 Å². The Balaban J connectivity index is 1.95. The van der Waals surface area contributed by atoms with Crippen LogP contribution in [-0.2, 0) is 13.0 Å². The Bertz CT molecular complexity index is 407. The Labute approximate surface area is 85.2 Å². The molecule has 5 heteroatoms. The van der Waals surface area contributed by atoms with E-state index in [4.69, 9.17) is 0 Å². The summed E-state index contributed by atoms with van der Waals surface area (Å²) < 4.78 is 1.68. The smallest absolute Gasteiger partial charge is 0.171 e. The molecule has 2 aromatic rings. The van der Waals surface area contributed by atoms with Crippen molar-refractivity contribution in [1.82, 2.24) is 15.0 Å². The number of hydrogen-bond donors (Lipinski definition) is 0. The molecule has 0 unspecified atom stereocenters. The molecule has 2 aromatic heterocycles. The highest BCUT2D eigenvalue weighted by atomic mass is 32.1. The van der Waals surface area contributed by atoms with Crippen molar-refractivity contribution in [2.45, 2.75) is 13.0 Å². The van der Waals surface area contributed by atoms with Crippen LogP contribution in [0.1, 0.15) is 16.1 Å². The van der Waals surface area contributed by atoms with E-state index in [1.807, 2.05) is 5.38 Å². The zero-order valence-corrected chi connectivity index (χ0v) is 8.28. The molecule has 72 valence electrons. The van der Waals surface area contributed by atoms with Crippen LogP contribution in [0.5, 0.6) is 0 Å². The lowest BCUT2D eigenvalue weighted by Crippen LogP contribution is -2.01. The van der Waals surface area contributed by atoms with Crippen molar-refractivity contribution in [3.8, 4) is 0 Å². The molecule has 0 aliphatic rings. The number of nitrogens with zero attached hydrogens (tertiary/aromatic N) is 3. The van der Waals surface area contributed by atoms with E-state index in [0.717, 1.165) is 13.0 Å². The van der Waals surface area contributed by atoms with Gasteiger partial charge in [-0.25, -0.2) is 0 Å². The lowest BCUT2D eigenvalue weighted by Gasteiger charge is -1.96. The standard InChI is InChI=1S/C9H9N3OS/c13-6-9-5-12(11-10-9)3-1-8-2-4-14-7-8/h2,4-7H,1,3H2. The lowest BCUT2D eigenvalue weighted by atomic mass is 10.2. The number of rotatable bonds is 4. The molecule has 0 aliphatic heterocycles. The molecule has 2 heterocycles. The van der Waals surface area contributed by atoms with Crippen LogP contribution in [0.4, 0.5) is 0 Å². The molecular formula is C9H9N3OS. The van der Waals surface area contributed by atoms with Crippen molar-refractivity contribution < 1.29 is 4.79 Å². The average Bonchev–Trinajstić information content (AvgIpc) is 2.86. The Hall–Kier alpha value is -1.49. The fourth-order valence-corrected chi connectivity index (χ4v) is 1.86. The maximum atomic E-state index is 10.3. The number of aldehydes is 1. The molecule has 2 rings (SSSR count). The van der Waals surface area contributed by atoms with Crippen molar-refractivity contribution in [3.63, 3.8) is 0 Å². The summed E-state index contributed by atoms with van der Waals surface area (Å²) in [5.41, 5.74) is 1.67. The molecule has 0 spiro atoms. The number of carbonyl (C=O) groups excluding carboxylic acids is 1. The first-order chi connectivity index (χ1) is 6.88. The third-order valence-corrected chi connectivity index (χ3v) is 2.62. The number of aromatic nitrogens is 3. The van der Waals surface area contributed by atoms with Crippen LogP contribution in [0.25, 0.3) is 0 Å².